The zero-order valence-corrected chi connectivity index (χ0v) is 20.8. The largest absolute Gasteiger partial charge is 0.480 e. The number of fused-ring (bicyclic) bond motifs is 1. The van der Waals surface area contributed by atoms with Crippen molar-refractivity contribution in [2.75, 3.05) is 5.32 Å². The SMILES string of the molecule is O=C(O)C(Cc1cc2ccccc2[nH]1)Nc1nc(-c2cc(-c3ccon3)n(Cc3ccccc3F)n2)ncc1F. The predicted octanol–water partition coefficient (Wildman–Crippen LogP) is 4.91. The summed E-state index contributed by atoms with van der Waals surface area (Å²) in [5.74, 6) is -2.66. The minimum Gasteiger partial charge on any atom is -0.480 e. The maximum atomic E-state index is 14.8. The molecule has 0 aliphatic heterocycles. The van der Waals surface area contributed by atoms with Crippen LogP contribution in [-0.2, 0) is 17.8 Å². The van der Waals surface area contributed by atoms with Crippen LogP contribution in [0, 0.1) is 11.6 Å². The zero-order chi connectivity index (χ0) is 27.6. The van der Waals surface area contributed by atoms with E-state index in [1.54, 1.807) is 30.3 Å². The maximum absolute atomic E-state index is 14.8. The molecule has 0 fully saturated rings. The first-order chi connectivity index (χ1) is 19.4. The number of halogens is 2. The van der Waals surface area contributed by atoms with Gasteiger partial charge < -0.3 is 19.9 Å². The van der Waals surface area contributed by atoms with Gasteiger partial charge in [-0.15, -0.1) is 0 Å². The Morgan fingerprint density at radius 3 is 2.65 bits per heavy atom. The van der Waals surface area contributed by atoms with Gasteiger partial charge in [-0.25, -0.2) is 23.5 Å². The van der Waals surface area contributed by atoms with Gasteiger partial charge in [0.05, 0.1) is 18.4 Å². The summed E-state index contributed by atoms with van der Waals surface area (Å²) in [4.78, 5) is 23.6. The van der Waals surface area contributed by atoms with Gasteiger partial charge in [-0.05, 0) is 29.7 Å². The summed E-state index contributed by atoms with van der Waals surface area (Å²) in [5, 5.41) is 22.0. The quantitative estimate of drug-likeness (QED) is 0.235. The average Bonchev–Trinajstić information content (AvgIpc) is 3.70. The van der Waals surface area contributed by atoms with Crippen LogP contribution in [0.2, 0.25) is 0 Å². The Kier molecular flexibility index (Phi) is 6.48. The Labute approximate surface area is 225 Å². The highest BCUT2D eigenvalue weighted by Crippen LogP contribution is 2.26. The molecule has 3 N–H and O–H groups in total. The highest BCUT2D eigenvalue weighted by molar-refractivity contribution is 5.81. The smallest absolute Gasteiger partial charge is 0.326 e. The van der Waals surface area contributed by atoms with E-state index in [0.717, 1.165) is 17.1 Å². The highest BCUT2D eigenvalue weighted by Gasteiger charge is 2.23. The molecular weight excluding hydrogens is 520 g/mol. The molecule has 0 amide bonds. The Balaban J connectivity index is 1.31. The topological polar surface area (TPSA) is 135 Å². The summed E-state index contributed by atoms with van der Waals surface area (Å²) < 4.78 is 35.6. The summed E-state index contributed by atoms with van der Waals surface area (Å²) in [7, 11) is 0. The highest BCUT2D eigenvalue weighted by atomic mass is 19.1. The number of carboxylic acid groups (broad SMARTS) is 1. The lowest BCUT2D eigenvalue weighted by Crippen LogP contribution is -2.32. The van der Waals surface area contributed by atoms with Crippen LogP contribution in [0.25, 0.3) is 33.8 Å². The van der Waals surface area contributed by atoms with Crippen molar-refractivity contribution < 1.29 is 23.2 Å². The number of nitrogens with zero attached hydrogens (tertiary/aromatic N) is 5. The monoisotopic (exact) mass is 541 g/mol. The number of para-hydroxylation sites is 1. The summed E-state index contributed by atoms with van der Waals surface area (Å²) >= 11 is 0. The Hall–Kier alpha value is -5.39. The molecule has 4 heterocycles. The predicted molar refractivity (Wildman–Crippen MR) is 141 cm³/mol. The van der Waals surface area contributed by atoms with Crippen LogP contribution < -0.4 is 5.32 Å². The van der Waals surface area contributed by atoms with Crippen LogP contribution in [0.4, 0.5) is 14.6 Å². The molecule has 0 bridgehead atoms. The third kappa shape index (κ3) is 5.01. The fourth-order valence-corrected chi connectivity index (χ4v) is 4.41. The first kappa shape index (κ1) is 24.9. The lowest BCUT2D eigenvalue weighted by Gasteiger charge is -2.15. The Bertz CT molecular complexity index is 1780. The number of rotatable bonds is 9. The summed E-state index contributed by atoms with van der Waals surface area (Å²) in [6.07, 6.45) is 2.39. The molecule has 1 unspecified atom stereocenters. The molecule has 1 atom stereocenters. The van der Waals surface area contributed by atoms with Crippen molar-refractivity contribution >= 4 is 22.7 Å². The number of H-pyrrole nitrogens is 1. The molecule has 12 heteroatoms. The zero-order valence-electron chi connectivity index (χ0n) is 20.8. The van der Waals surface area contributed by atoms with Crippen LogP contribution >= 0.6 is 0 Å². The van der Waals surface area contributed by atoms with Gasteiger partial charge in [0.25, 0.3) is 0 Å². The Morgan fingerprint density at radius 2 is 1.88 bits per heavy atom. The van der Waals surface area contributed by atoms with Crippen LogP contribution in [0.1, 0.15) is 11.3 Å². The number of benzene rings is 2. The van der Waals surface area contributed by atoms with Gasteiger partial charge >= 0.3 is 5.97 Å². The van der Waals surface area contributed by atoms with Gasteiger partial charge in [-0.1, -0.05) is 41.6 Å². The van der Waals surface area contributed by atoms with Gasteiger partial charge in [-0.2, -0.15) is 5.10 Å². The van der Waals surface area contributed by atoms with Crippen molar-refractivity contribution in [3.8, 4) is 22.9 Å². The number of aromatic amines is 1. The van der Waals surface area contributed by atoms with E-state index in [0.29, 0.717) is 22.6 Å². The number of carbonyl (C=O) groups is 1. The number of hydrogen-bond donors (Lipinski definition) is 3. The van der Waals surface area contributed by atoms with Gasteiger partial charge in [0.2, 0.25) is 0 Å². The molecule has 6 aromatic rings. The van der Waals surface area contributed by atoms with Crippen molar-refractivity contribution in [3.05, 3.63) is 102 Å². The molecular formula is C28H21F2N7O3. The molecule has 40 heavy (non-hydrogen) atoms. The van der Waals surface area contributed by atoms with Gasteiger partial charge in [0.1, 0.15) is 29.5 Å². The molecule has 0 saturated heterocycles. The summed E-state index contributed by atoms with van der Waals surface area (Å²) in [6, 6.07) is 17.8. The minimum absolute atomic E-state index is 0.0377. The minimum atomic E-state index is -1.19. The van der Waals surface area contributed by atoms with E-state index in [1.165, 1.54) is 17.0 Å². The number of aromatic nitrogens is 6. The number of aliphatic carboxylic acids is 1. The number of nitrogens with one attached hydrogen (secondary N) is 2. The number of hydrogen-bond acceptors (Lipinski definition) is 7. The van der Waals surface area contributed by atoms with E-state index in [-0.39, 0.29) is 30.3 Å². The lowest BCUT2D eigenvalue weighted by atomic mass is 10.1. The first-order valence-corrected chi connectivity index (χ1v) is 12.3. The second kappa shape index (κ2) is 10.4. The van der Waals surface area contributed by atoms with Gasteiger partial charge in [-0.3, -0.25) is 4.68 Å². The van der Waals surface area contributed by atoms with Gasteiger partial charge in [0.15, 0.2) is 17.5 Å². The van der Waals surface area contributed by atoms with Crippen molar-refractivity contribution in [1.29, 1.82) is 0 Å². The molecule has 6 rings (SSSR count). The summed E-state index contributed by atoms with van der Waals surface area (Å²) in [6.45, 7) is 0.0761. The van der Waals surface area contributed by atoms with Crippen molar-refractivity contribution in [3.63, 3.8) is 0 Å². The van der Waals surface area contributed by atoms with Crippen molar-refractivity contribution in [1.82, 2.24) is 29.9 Å². The molecule has 4 aromatic heterocycles. The number of carboxylic acids is 1. The normalized spacial score (nSPS) is 12.1. The van der Waals surface area contributed by atoms with E-state index in [9.17, 15) is 18.7 Å². The van der Waals surface area contributed by atoms with E-state index in [2.05, 4.69) is 30.5 Å². The molecule has 0 radical (unpaired) electrons. The maximum Gasteiger partial charge on any atom is 0.326 e. The second-order valence-electron chi connectivity index (χ2n) is 9.06. The molecule has 0 spiro atoms. The second-order valence-corrected chi connectivity index (χ2v) is 9.06. The lowest BCUT2D eigenvalue weighted by molar-refractivity contribution is -0.137. The third-order valence-corrected chi connectivity index (χ3v) is 6.35. The molecule has 0 aliphatic carbocycles. The van der Waals surface area contributed by atoms with E-state index >= 15 is 0 Å². The average molecular weight is 542 g/mol. The van der Waals surface area contributed by atoms with E-state index in [1.807, 2.05) is 30.3 Å². The summed E-state index contributed by atoms with van der Waals surface area (Å²) in [5.41, 5.74) is 3.12. The molecule has 0 saturated carbocycles. The van der Waals surface area contributed by atoms with Crippen LogP contribution in [0.15, 0.2) is 83.7 Å². The first-order valence-electron chi connectivity index (χ1n) is 12.3. The number of anilines is 1. The van der Waals surface area contributed by atoms with E-state index in [4.69, 9.17) is 4.52 Å². The fourth-order valence-electron chi connectivity index (χ4n) is 4.41. The molecule has 2 aromatic carbocycles. The van der Waals surface area contributed by atoms with Crippen LogP contribution in [0.3, 0.4) is 0 Å². The Morgan fingerprint density at radius 1 is 1.05 bits per heavy atom. The van der Waals surface area contributed by atoms with Crippen LogP contribution in [0.5, 0.6) is 0 Å². The molecule has 10 nitrogen and oxygen atoms in total. The van der Waals surface area contributed by atoms with E-state index < -0.39 is 23.6 Å². The van der Waals surface area contributed by atoms with Crippen molar-refractivity contribution in [2.24, 2.45) is 0 Å². The van der Waals surface area contributed by atoms with Crippen molar-refractivity contribution in [2.45, 2.75) is 19.0 Å². The molecule has 200 valence electrons. The third-order valence-electron chi connectivity index (χ3n) is 6.35. The fraction of sp³-hybridized carbons (Fsp3) is 0.107. The molecule has 0 aliphatic rings. The van der Waals surface area contributed by atoms with Gasteiger partial charge in [0, 0.05) is 29.3 Å². The standard InChI is InChI=1S/C28H21F2N7O3/c29-19-7-3-1-6-17(19)15-37-25(22-9-10-40-36-22)13-23(35-37)27-31-14-20(30)26(34-27)33-24(28(38)39)12-18-11-16-5-2-4-8-21(16)32-18/h1-11,13-14,24,32H,12,15H2,(H,38,39)(H,31,33,34). The van der Waals surface area contributed by atoms with Crippen LogP contribution in [-0.4, -0.2) is 47.0 Å².